The topological polar surface area (TPSA) is 0 Å². The van der Waals surface area contributed by atoms with E-state index in [1.165, 1.54) is 86.7 Å². The molecular weight excluding hydrogens is 755 g/mol. The van der Waals surface area contributed by atoms with Crippen LogP contribution in [0.25, 0.3) is 0 Å². The molecule has 0 aromatic heterocycles. The van der Waals surface area contributed by atoms with Gasteiger partial charge in [0.15, 0.2) is 0 Å². The summed E-state index contributed by atoms with van der Waals surface area (Å²) < 4.78 is 0. The summed E-state index contributed by atoms with van der Waals surface area (Å²) in [6.07, 6.45) is 7.04. The molecule has 0 spiro atoms. The molecule has 5 aromatic carbocycles. The standard InChI is InChI=1S/C62H81B/c1-38-31-40(3)56-49(32-38)46(24-20-42-19-22-44(33-39(42)2)57(5,6)7)47-25-23-45(58(8,9)10)35-54(47)63(56)55-37-53-52(61(15,16)29-30-62(53,17)18)36-48(55)41(4)43-21-26-50-51(34-43)60(13,14)28-27-59(50,11)12/h19,21-23,25-26,31-37,41,46H,20,24,27-30H2,1-18H3. The molecule has 0 radical (unpaired) electrons. The quantitative estimate of drug-likeness (QED) is 0.150. The monoisotopic (exact) mass is 837 g/mol. The minimum atomic E-state index is 0.0330. The number of aryl methyl sites for hydroxylation is 4. The Bertz CT molecular complexity index is 2590. The van der Waals surface area contributed by atoms with E-state index in [9.17, 15) is 0 Å². The van der Waals surface area contributed by atoms with E-state index in [1.807, 2.05) is 0 Å². The third-order valence-corrected chi connectivity index (χ3v) is 17.0. The predicted molar refractivity (Wildman–Crippen MR) is 277 cm³/mol. The summed E-state index contributed by atoms with van der Waals surface area (Å²) in [5.74, 6) is 0.554. The molecular formula is C62H81B. The lowest BCUT2D eigenvalue weighted by molar-refractivity contribution is 0.331. The van der Waals surface area contributed by atoms with Gasteiger partial charge in [-0.25, -0.2) is 0 Å². The fourth-order valence-electron chi connectivity index (χ4n) is 12.3. The number of hydrogen-bond donors (Lipinski definition) is 0. The molecule has 0 fully saturated rings. The molecule has 332 valence electrons. The first-order valence-electron chi connectivity index (χ1n) is 24.8. The van der Waals surface area contributed by atoms with Crippen molar-refractivity contribution in [2.24, 2.45) is 0 Å². The molecule has 0 nitrogen and oxygen atoms in total. The van der Waals surface area contributed by atoms with Gasteiger partial charge >= 0.3 is 0 Å². The van der Waals surface area contributed by atoms with Gasteiger partial charge in [0, 0.05) is 11.8 Å². The highest BCUT2D eigenvalue weighted by Crippen LogP contribution is 2.49. The number of rotatable bonds is 6. The van der Waals surface area contributed by atoms with Crippen molar-refractivity contribution in [1.82, 2.24) is 0 Å². The molecule has 0 saturated carbocycles. The van der Waals surface area contributed by atoms with Crippen molar-refractivity contribution in [2.45, 2.75) is 207 Å². The second kappa shape index (κ2) is 15.4. The molecule has 8 rings (SSSR count). The van der Waals surface area contributed by atoms with E-state index in [4.69, 9.17) is 0 Å². The van der Waals surface area contributed by atoms with E-state index in [-0.39, 0.29) is 45.1 Å². The van der Waals surface area contributed by atoms with E-state index in [0.29, 0.717) is 5.92 Å². The fraction of sp³-hybridized carbons (Fsp3) is 0.516. The van der Waals surface area contributed by atoms with E-state index in [1.54, 1.807) is 33.3 Å². The maximum absolute atomic E-state index is 2.76. The second-order valence-electron chi connectivity index (χ2n) is 25.7. The van der Waals surface area contributed by atoms with Gasteiger partial charge in [-0.2, -0.15) is 0 Å². The Kier molecular flexibility index (Phi) is 11.2. The Morgan fingerprint density at radius 2 is 1.08 bits per heavy atom. The van der Waals surface area contributed by atoms with Crippen LogP contribution < -0.4 is 16.4 Å². The van der Waals surface area contributed by atoms with Gasteiger partial charge in [-0.3, -0.25) is 0 Å². The van der Waals surface area contributed by atoms with Crippen LogP contribution in [0.4, 0.5) is 0 Å². The Hall–Kier alpha value is -3.84. The van der Waals surface area contributed by atoms with Crippen LogP contribution in [0.2, 0.25) is 0 Å². The summed E-state index contributed by atoms with van der Waals surface area (Å²) in [5, 5.41) is 0. The van der Waals surface area contributed by atoms with Crippen molar-refractivity contribution in [1.29, 1.82) is 0 Å². The molecule has 0 saturated heterocycles. The van der Waals surface area contributed by atoms with Crippen LogP contribution in [0.1, 0.15) is 226 Å². The predicted octanol–water partition coefficient (Wildman–Crippen LogP) is 14.7. The molecule has 1 aliphatic heterocycles. The van der Waals surface area contributed by atoms with Gasteiger partial charge in [-0.05, 0) is 159 Å². The van der Waals surface area contributed by atoms with Crippen molar-refractivity contribution in [3.05, 3.63) is 157 Å². The van der Waals surface area contributed by atoms with Crippen LogP contribution in [-0.4, -0.2) is 6.71 Å². The van der Waals surface area contributed by atoms with Crippen LogP contribution in [0.3, 0.4) is 0 Å². The fourth-order valence-corrected chi connectivity index (χ4v) is 12.3. The molecule has 1 heterocycles. The van der Waals surface area contributed by atoms with Crippen LogP contribution in [0.15, 0.2) is 78.9 Å². The summed E-state index contributed by atoms with van der Waals surface area (Å²) >= 11 is 0. The van der Waals surface area contributed by atoms with Gasteiger partial charge < -0.3 is 0 Å². The number of fused-ring (bicyclic) bond motifs is 4. The summed E-state index contributed by atoms with van der Waals surface area (Å²) in [4.78, 5) is 0. The average Bonchev–Trinajstić information content (AvgIpc) is 3.19. The molecule has 0 bridgehead atoms. The van der Waals surface area contributed by atoms with Gasteiger partial charge in [0.05, 0.1) is 0 Å². The van der Waals surface area contributed by atoms with Gasteiger partial charge in [0.1, 0.15) is 0 Å². The van der Waals surface area contributed by atoms with Crippen LogP contribution in [0.5, 0.6) is 0 Å². The lowest BCUT2D eigenvalue weighted by atomic mass is 9.30. The molecule has 5 aromatic rings. The summed E-state index contributed by atoms with van der Waals surface area (Å²) in [6.45, 7) is 43.9. The first-order chi connectivity index (χ1) is 29.1. The zero-order valence-corrected chi connectivity index (χ0v) is 43.0. The summed E-state index contributed by atoms with van der Waals surface area (Å²) in [5.41, 5.74) is 26.2. The van der Waals surface area contributed by atoms with Crippen molar-refractivity contribution < 1.29 is 0 Å². The lowest BCUT2D eigenvalue weighted by Crippen LogP contribution is -2.60. The van der Waals surface area contributed by atoms with Crippen molar-refractivity contribution in [2.75, 3.05) is 0 Å². The van der Waals surface area contributed by atoms with E-state index in [0.717, 1.165) is 12.8 Å². The van der Waals surface area contributed by atoms with E-state index < -0.39 is 0 Å². The number of benzene rings is 5. The van der Waals surface area contributed by atoms with Crippen LogP contribution in [0, 0.1) is 20.8 Å². The number of hydrogen-bond acceptors (Lipinski definition) is 0. The van der Waals surface area contributed by atoms with Crippen molar-refractivity contribution in [3.8, 4) is 0 Å². The van der Waals surface area contributed by atoms with E-state index >= 15 is 0 Å². The maximum Gasteiger partial charge on any atom is 0.242 e. The molecule has 63 heavy (non-hydrogen) atoms. The zero-order chi connectivity index (χ0) is 46.0. The lowest BCUT2D eigenvalue weighted by Gasteiger charge is -2.44. The average molecular weight is 837 g/mol. The van der Waals surface area contributed by atoms with E-state index in [2.05, 4.69) is 203 Å². The first-order valence-corrected chi connectivity index (χ1v) is 24.8. The molecule has 1 heteroatoms. The van der Waals surface area contributed by atoms with Crippen LogP contribution >= 0.6 is 0 Å². The molecule has 2 unspecified atom stereocenters. The zero-order valence-electron chi connectivity index (χ0n) is 43.0. The summed E-state index contributed by atoms with van der Waals surface area (Å²) in [7, 11) is 0. The van der Waals surface area contributed by atoms with Crippen molar-refractivity contribution >= 4 is 23.1 Å². The van der Waals surface area contributed by atoms with Gasteiger partial charge in [-0.1, -0.05) is 210 Å². The Morgan fingerprint density at radius 3 is 1.67 bits per heavy atom. The Morgan fingerprint density at radius 1 is 0.540 bits per heavy atom. The highest BCUT2D eigenvalue weighted by atomic mass is 14.4. The molecule has 0 N–H and O–H groups in total. The van der Waals surface area contributed by atoms with Crippen molar-refractivity contribution in [3.63, 3.8) is 0 Å². The Labute approximate surface area is 385 Å². The van der Waals surface area contributed by atoms with Gasteiger partial charge in [0.2, 0.25) is 6.71 Å². The second-order valence-corrected chi connectivity index (χ2v) is 25.7. The third-order valence-electron chi connectivity index (χ3n) is 17.0. The normalized spacial score (nSPS) is 20.0. The minimum Gasteiger partial charge on any atom is -0.0646 e. The molecule has 2 aliphatic carbocycles. The first kappa shape index (κ1) is 45.7. The largest absolute Gasteiger partial charge is 0.242 e. The molecule has 3 aliphatic rings. The maximum atomic E-state index is 2.76. The highest BCUT2D eigenvalue weighted by Gasteiger charge is 2.44. The minimum absolute atomic E-state index is 0.0330. The highest BCUT2D eigenvalue weighted by molar-refractivity contribution is 6.97. The van der Waals surface area contributed by atoms with Gasteiger partial charge in [-0.15, -0.1) is 0 Å². The Balaban J connectivity index is 1.38. The summed E-state index contributed by atoms with van der Waals surface area (Å²) in [6, 6.07) is 33.2. The molecule has 0 amide bonds. The third kappa shape index (κ3) is 8.14. The smallest absolute Gasteiger partial charge is 0.0646 e. The van der Waals surface area contributed by atoms with Gasteiger partial charge in [0.25, 0.3) is 0 Å². The molecule has 2 atom stereocenters. The SMILES string of the molecule is Cc1cc(C)c2c(c1)C(CCc1ccc(C(C)(C)C)cc1C)c1ccc(C(C)(C)C)cc1B2c1cc2c(cc1C(C)c1ccc3c(c1)C(C)(C)CCC3(C)C)C(C)(C)CCC2(C)C. The van der Waals surface area contributed by atoms with Crippen LogP contribution in [-0.2, 0) is 38.9 Å².